The molecule has 0 aliphatic rings. The van der Waals surface area contributed by atoms with Gasteiger partial charge in [0.15, 0.2) is 5.92 Å². The summed E-state index contributed by atoms with van der Waals surface area (Å²) in [5.74, 6) is -1.95. The molecule has 0 amide bonds. The second-order valence-corrected chi connectivity index (χ2v) is 4.47. The van der Waals surface area contributed by atoms with E-state index in [0.717, 1.165) is 11.1 Å². The van der Waals surface area contributed by atoms with E-state index in [1.807, 2.05) is 6.92 Å². The standard InChI is InChI=1S/C14H22O4/c1-6-7-12(13(15)17-8-10(2)3)14(16)18-9-11(4)5/h12H,2,4,6-9H2,1,3,5H3. The lowest BCUT2D eigenvalue weighted by molar-refractivity contribution is -0.161. The number of hydrogen-bond donors (Lipinski definition) is 0. The van der Waals surface area contributed by atoms with E-state index in [9.17, 15) is 9.59 Å². The van der Waals surface area contributed by atoms with Crippen LogP contribution in [0.25, 0.3) is 0 Å². The van der Waals surface area contributed by atoms with Crippen molar-refractivity contribution in [3.63, 3.8) is 0 Å². The minimum absolute atomic E-state index is 0.132. The summed E-state index contributed by atoms with van der Waals surface area (Å²) in [6.07, 6.45) is 1.12. The predicted molar refractivity (Wildman–Crippen MR) is 69.9 cm³/mol. The smallest absolute Gasteiger partial charge is 0.320 e. The summed E-state index contributed by atoms with van der Waals surface area (Å²) in [4.78, 5) is 23.5. The van der Waals surface area contributed by atoms with Gasteiger partial charge in [-0.15, -0.1) is 0 Å². The van der Waals surface area contributed by atoms with Crippen LogP contribution in [0.4, 0.5) is 0 Å². The second kappa shape index (κ2) is 8.50. The third-order valence-corrected chi connectivity index (χ3v) is 2.07. The molecule has 0 unspecified atom stereocenters. The Morgan fingerprint density at radius 2 is 1.39 bits per heavy atom. The fourth-order valence-corrected chi connectivity index (χ4v) is 1.21. The molecule has 0 bridgehead atoms. The maximum Gasteiger partial charge on any atom is 0.320 e. The number of ether oxygens (including phenoxy) is 2. The van der Waals surface area contributed by atoms with Gasteiger partial charge in [0.1, 0.15) is 13.2 Å². The first-order valence-corrected chi connectivity index (χ1v) is 6.00. The Morgan fingerprint density at radius 3 is 1.67 bits per heavy atom. The zero-order chi connectivity index (χ0) is 14.1. The van der Waals surface area contributed by atoms with E-state index in [2.05, 4.69) is 13.2 Å². The van der Waals surface area contributed by atoms with Gasteiger partial charge in [-0.1, -0.05) is 26.5 Å². The molecule has 0 heterocycles. The Hall–Kier alpha value is -1.58. The first-order chi connectivity index (χ1) is 8.38. The van der Waals surface area contributed by atoms with Gasteiger partial charge in [0.05, 0.1) is 0 Å². The van der Waals surface area contributed by atoms with Gasteiger partial charge in [-0.3, -0.25) is 9.59 Å². The summed E-state index contributed by atoms with van der Waals surface area (Å²) in [6, 6.07) is 0. The van der Waals surface area contributed by atoms with Crippen molar-refractivity contribution in [2.24, 2.45) is 5.92 Å². The van der Waals surface area contributed by atoms with E-state index < -0.39 is 17.9 Å². The van der Waals surface area contributed by atoms with Crippen LogP contribution in [0.3, 0.4) is 0 Å². The van der Waals surface area contributed by atoms with Gasteiger partial charge in [-0.05, 0) is 31.4 Å². The summed E-state index contributed by atoms with van der Waals surface area (Å²) in [7, 11) is 0. The summed E-state index contributed by atoms with van der Waals surface area (Å²) in [5.41, 5.74) is 1.46. The average molecular weight is 254 g/mol. The molecule has 0 N–H and O–H groups in total. The normalized spacial score (nSPS) is 10.0. The molecule has 0 saturated heterocycles. The van der Waals surface area contributed by atoms with Gasteiger partial charge < -0.3 is 9.47 Å². The van der Waals surface area contributed by atoms with E-state index in [1.165, 1.54) is 0 Å². The Labute approximate surface area is 109 Å². The number of rotatable bonds is 8. The van der Waals surface area contributed by atoms with Crippen LogP contribution in [-0.4, -0.2) is 25.2 Å². The van der Waals surface area contributed by atoms with Crippen molar-refractivity contribution in [3.05, 3.63) is 24.3 Å². The van der Waals surface area contributed by atoms with Crippen molar-refractivity contribution in [2.75, 3.05) is 13.2 Å². The molecule has 0 aliphatic carbocycles. The van der Waals surface area contributed by atoms with Crippen LogP contribution >= 0.6 is 0 Å². The van der Waals surface area contributed by atoms with Crippen molar-refractivity contribution in [2.45, 2.75) is 33.6 Å². The molecule has 0 aromatic heterocycles. The Bertz CT molecular complexity index is 301. The molecule has 0 spiro atoms. The third kappa shape index (κ3) is 6.89. The topological polar surface area (TPSA) is 52.6 Å². The van der Waals surface area contributed by atoms with Gasteiger partial charge in [0, 0.05) is 0 Å². The molecule has 0 saturated carbocycles. The third-order valence-electron chi connectivity index (χ3n) is 2.07. The lowest BCUT2D eigenvalue weighted by Gasteiger charge is -2.14. The first-order valence-electron chi connectivity index (χ1n) is 6.00. The van der Waals surface area contributed by atoms with E-state index >= 15 is 0 Å². The molecular formula is C14H22O4. The molecule has 0 rings (SSSR count). The first kappa shape index (κ1) is 16.4. The van der Waals surface area contributed by atoms with Crippen molar-refractivity contribution >= 4 is 11.9 Å². The van der Waals surface area contributed by atoms with Gasteiger partial charge in [0.2, 0.25) is 0 Å². The summed E-state index contributed by atoms with van der Waals surface area (Å²) >= 11 is 0. The molecule has 0 fully saturated rings. The summed E-state index contributed by atoms with van der Waals surface area (Å²) in [5, 5.41) is 0. The molecular weight excluding hydrogens is 232 g/mol. The zero-order valence-corrected chi connectivity index (χ0v) is 11.5. The monoisotopic (exact) mass is 254 g/mol. The molecule has 102 valence electrons. The largest absolute Gasteiger partial charge is 0.461 e. The fraction of sp³-hybridized carbons (Fsp3) is 0.571. The van der Waals surface area contributed by atoms with Crippen LogP contribution in [-0.2, 0) is 19.1 Å². The van der Waals surface area contributed by atoms with Gasteiger partial charge in [0.25, 0.3) is 0 Å². The lowest BCUT2D eigenvalue weighted by atomic mass is 10.0. The quantitative estimate of drug-likeness (QED) is 0.379. The number of carbonyl (C=O) groups excluding carboxylic acids is 2. The van der Waals surface area contributed by atoms with Crippen LogP contribution in [0.15, 0.2) is 24.3 Å². The van der Waals surface area contributed by atoms with Crippen molar-refractivity contribution in [1.82, 2.24) is 0 Å². The number of carbonyl (C=O) groups is 2. The Morgan fingerprint density at radius 1 is 1.00 bits per heavy atom. The van der Waals surface area contributed by atoms with E-state index in [4.69, 9.17) is 9.47 Å². The molecule has 0 aromatic rings. The van der Waals surface area contributed by atoms with Crippen LogP contribution in [0.1, 0.15) is 33.6 Å². The van der Waals surface area contributed by atoms with Crippen LogP contribution in [0.5, 0.6) is 0 Å². The maximum atomic E-state index is 11.7. The lowest BCUT2D eigenvalue weighted by Crippen LogP contribution is -2.28. The van der Waals surface area contributed by atoms with Gasteiger partial charge in [-0.25, -0.2) is 0 Å². The Kier molecular flexibility index (Phi) is 7.76. The van der Waals surface area contributed by atoms with Crippen LogP contribution < -0.4 is 0 Å². The summed E-state index contributed by atoms with van der Waals surface area (Å²) in [6.45, 7) is 12.9. The molecule has 18 heavy (non-hydrogen) atoms. The van der Waals surface area contributed by atoms with Crippen LogP contribution in [0, 0.1) is 5.92 Å². The van der Waals surface area contributed by atoms with Gasteiger partial charge >= 0.3 is 11.9 Å². The Balaban J connectivity index is 4.43. The average Bonchev–Trinajstić information content (AvgIpc) is 2.29. The second-order valence-electron chi connectivity index (χ2n) is 4.47. The number of esters is 2. The van der Waals surface area contributed by atoms with Crippen LogP contribution in [0.2, 0.25) is 0 Å². The van der Waals surface area contributed by atoms with Crippen molar-refractivity contribution in [1.29, 1.82) is 0 Å². The minimum atomic E-state index is -0.853. The minimum Gasteiger partial charge on any atom is -0.461 e. The molecule has 4 heteroatoms. The number of hydrogen-bond acceptors (Lipinski definition) is 4. The molecule has 4 nitrogen and oxygen atoms in total. The maximum absolute atomic E-state index is 11.7. The predicted octanol–water partition coefficient (Wildman–Crippen LogP) is 2.64. The van der Waals surface area contributed by atoms with E-state index in [0.29, 0.717) is 12.8 Å². The molecule has 0 aromatic carbocycles. The SMILES string of the molecule is C=C(C)COC(=O)C(CCC)C(=O)OCC(=C)C. The van der Waals surface area contributed by atoms with E-state index in [-0.39, 0.29) is 13.2 Å². The van der Waals surface area contributed by atoms with Gasteiger partial charge in [-0.2, -0.15) is 0 Å². The van der Waals surface area contributed by atoms with Crippen molar-refractivity contribution < 1.29 is 19.1 Å². The highest BCUT2D eigenvalue weighted by molar-refractivity contribution is 5.94. The summed E-state index contributed by atoms with van der Waals surface area (Å²) < 4.78 is 9.97. The van der Waals surface area contributed by atoms with Crippen molar-refractivity contribution in [3.8, 4) is 0 Å². The molecule has 0 radical (unpaired) electrons. The highest BCUT2D eigenvalue weighted by atomic mass is 16.6. The fourth-order valence-electron chi connectivity index (χ4n) is 1.21. The zero-order valence-electron chi connectivity index (χ0n) is 11.5. The highest BCUT2D eigenvalue weighted by Gasteiger charge is 2.28. The molecule has 0 aliphatic heterocycles. The van der Waals surface area contributed by atoms with E-state index in [1.54, 1.807) is 13.8 Å². The molecule has 0 atom stereocenters. The highest BCUT2D eigenvalue weighted by Crippen LogP contribution is 2.12.